The summed E-state index contributed by atoms with van der Waals surface area (Å²) in [4.78, 5) is 4.78. The van der Waals surface area contributed by atoms with Crippen LogP contribution in [0.3, 0.4) is 0 Å². The fraction of sp³-hybridized carbons (Fsp3) is 0.579. The highest BCUT2D eigenvalue weighted by Gasteiger charge is 2.27. The largest absolute Gasteiger partial charge is 0.403 e. The first kappa shape index (κ1) is 16.5. The number of benzene rings is 1. The van der Waals surface area contributed by atoms with E-state index in [2.05, 4.69) is 51.2 Å². The molecule has 0 saturated carbocycles. The van der Waals surface area contributed by atoms with E-state index in [0.717, 1.165) is 64.2 Å². The van der Waals surface area contributed by atoms with Crippen LogP contribution in [-0.4, -0.2) is 60.5 Å². The van der Waals surface area contributed by atoms with E-state index in [4.69, 9.17) is 9.15 Å². The van der Waals surface area contributed by atoms with Gasteiger partial charge in [-0.05, 0) is 37.0 Å². The highest BCUT2D eigenvalue weighted by atomic mass is 16.5. The van der Waals surface area contributed by atoms with Crippen LogP contribution in [0, 0.1) is 0 Å². The Balaban J connectivity index is 1.37. The van der Waals surface area contributed by atoms with E-state index < -0.39 is 0 Å². The van der Waals surface area contributed by atoms with Crippen molar-refractivity contribution < 1.29 is 9.15 Å². The lowest BCUT2D eigenvalue weighted by molar-refractivity contribution is 0.0113. The van der Waals surface area contributed by atoms with Gasteiger partial charge in [-0.15, -0.1) is 5.10 Å². The van der Waals surface area contributed by atoms with Gasteiger partial charge in [0.2, 0.25) is 5.89 Å². The zero-order valence-electron chi connectivity index (χ0n) is 14.9. The molecular weight excluding hydrogens is 316 g/mol. The van der Waals surface area contributed by atoms with Gasteiger partial charge in [0.1, 0.15) is 0 Å². The van der Waals surface area contributed by atoms with Crippen molar-refractivity contribution in [3.05, 3.63) is 29.8 Å². The van der Waals surface area contributed by atoms with Crippen molar-refractivity contribution in [3.63, 3.8) is 0 Å². The number of nitrogens with zero attached hydrogens (tertiary/aromatic N) is 4. The van der Waals surface area contributed by atoms with E-state index in [1.165, 1.54) is 5.56 Å². The van der Waals surface area contributed by atoms with Gasteiger partial charge in [-0.1, -0.05) is 24.2 Å². The number of hydrogen-bond acceptors (Lipinski definition) is 6. The van der Waals surface area contributed by atoms with Crippen LogP contribution in [0.4, 0.5) is 6.01 Å². The van der Waals surface area contributed by atoms with E-state index >= 15 is 0 Å². The topological polar surface area (TPSA) is 54.6 Å². The second-order valence-corrected chi connectivity index (χ2v) is 6.81. The zero-order valence-corrected chi connectivity index (χ0v) is 14.9. The molecule has 0 unspecified atom stereocenters. The van der Waals surface area contributed by atoms with E-state index in [1.54, 1.807) is 0 Å². The first-order valence-corrected chi connectivity index (χ1v) is 9.33. The van der Waals surface area contributed by atoms with Gasteiger partial charge in [0.15, 0.2) is 0 Å². The Morgan fingerprint density at radius 1 is 1.00 bits per heavy atom. The van der Waals surface area contributed by atoms with Gasteiger partial charge < -0.3 is 14.1 Å². The Morgan fingerprint density at radius 3 is 2.40 bits per heavy atom. The maximum Gasteiger partial charge on any atom is 0.318 e. The zero-order chi connectivity index (χ0) is 17.1. The van der Waals surface area contributed by atoms with E-state index in [1.807, 2.05) is 0 Å². The minimum Gasteiger partial charge on any atom is -0.403 e. The Bertz CT molecular complexity index is 671. The summed E-state index contributed by atoms with van der Waals surface area (Å²) in [5.41, 5.74) is 2.30. The van der Waals surface area contributed by atoms with Crippen LogP contribution in [0.15, 0.2) is 28.7 Å². The van der Waals surface area contributed by atoms with Gasteiger partial charge in [0, 0.05) is 37.8 Å². The average Bonchev–Trinajstić information content (AvgIpc) is 3.19. The smallest absolute Gasteiger partial charge is 0.318 e. The standard InChI is InChI=1S/C19H26N4O2/c1-2-15-3-5-16(6-4-15)18-20-21-19(25-18)23-9-7-17(8-10-23)22-11-13-24-14-12-22/h3-6,17H,2,7-14H2,1H3. The van der Waals surface area contributed by atoms with Crippen LogP contribution < -0.4 is 4.90 Å². The van der Waals surface area contributed by atoms with Crippen LogP contribution >= 0.6 is 0 Å². The summed E-state index contributed by atoms with van der Waals surface area (Å²) < 4.78 is 11.4. The predicted molar refractivity (Wildman–Crippen MR) is 96.7 cm³/mol. The highest BCUT2D eigenvalue weighted by Crippen LogP contribution is 2.26. The van der Waals surface area contributed by atoms with Crippen LogP contribution in [0.5, 0.6) is 0 Å². The Hall–Kier alpha value is -1.92. The van der Waals surface area contributed by atoms with Crippen LogP contribution in [-0.2, 0) is 11.2 Å². The van der Waals surface area contributed by atoms with Crippen molar-refractivity contribution in [2.24, 2.45) is 0 Å². The molecule has 0 N–H and O–H groups in total. The van der Waals surface area contributed by atoms with Crippen molar-refractivity contribution >= 4 is 6.01 Å². The molecule has 0 atom stereocenters. The van der Waals surface area contributed by atoms with E-state index in [-0.39, 0.29) is 0 Å². The molecule has 2 fully saturated rings. The molecule has 4 rings (SSSR count). The van der Waals surface area contributed by atoms with Gasteiger partial charge in [-0.3, -0.25) is 4.90 Å². The number of aryl methyl sites for hydroxylation is 1. The molecule has 2 aliphatic heterocycles. The third-order valence-electron chi connectivity index (χ3n) is 5.32. The van der Waals surface area contributed by atoms with Gasteiger partial charge in [-0.25, -0.2) is 0 Å². The monoisotopic (exact) mass is 342 g/mol. The highest BCUT2D eigenvalue weighted by molar-refractivity contribution is 5.54. The maximum absolute atomic E-state index is 5.93. The molecule has 6 nitrogen and oxygen atoms in total. The number of rotatable bonds is 4. The SMILES string of the molecule is CCc1ccc(-c2nnc(N3CCC(N4CCOCC4)CC3)o2)cc1. The molecule has 2 aliphatic rings. The van der Waals surface area contributed by atoms with Crippen LogP contribution in [0.25, 0.3) is 11.5 Å². The molecular formula is C19H26N4O2. The Morgan fingerprint density at radius 2 is 1.72 bits per heavy atom. The lowest BCUT2D eigenvalue weighted by atomic mass is 10.0. The molecule has 0 aliphatic carbocycles. The second kappa shape index (κ2) is 7.54. The summed E-state index contributed by atoms with van der Waals surface area (Å²) in [6.45, 7) is 7.94. The maximum atomic E-state index is 5.93. The van der Waals surface area contributed by atoms with Crippen molar-refractivity contribution in [1.29, 1.82) is 0 Å². The number of piperidine rings is 1. The molecule has 0 radical (unpaired) electrons. The third-order valence-corrected chi connectivity index (χ3v) is 5.32. The fourth-order valence-corrected chi connectivity index (χ4v) is 3.71. The van der Waals surface area contributed by atoms with Crippen molar-refractivity contribution in [2.45, 2.75) is 32.2 Å². The molecule has 25 heavy (non-hydrogen) atoms. The third kappa shape index (κ3) is 3.70. The van der Waals surface area contributed by atoms with Crippen LogP contribution in [0.1, 0.15) is 25.3 Å². The van der Waals surface area contributed by atoms with Gasteiger partial charge in [-0.2, -0.15) is 0 Å². The number of anilines is 1. The number of aromatic nitrogens is 2. The molecule has 1 aromatic heterocycles. The van der Waals surface area contributed by atoms with Gasteiger partial charge >= 0.3 is 6.01 Å². The van der Waals surface area contributed by atoms with E-state index in [0.29, 0.717) is 17.9 Å². The summed E-state index contributed by atoms with van der Waals surface area (Å²) >= 11 is 0. The quantitative estimate of drug-likeness (QED) is 0.851. The summed E-state index contributed by atoms with van der Waals surface area (Å²) in [7, 11) is 0. The first-order chi connectivity index (χ1) is 12.3. The van der Waals surface area contributed by atoms with Crippen molar-refractivity contribution in [2.75, 3.05) is 44.3 Å². The summed E-state index contributed by atoms with van der Waals surface area (Å²) in [5.74, 6) is 0.605. The molecule has 0 amide bonds. The minimum absolute atomic E-state index is 0.605. The molecule has 134 valence electrons. The summed E-state index contributed by atoms with van der Waals surface area (Å²) in [5, 5.41) is 8.51. The number of hydrogen-bond donors (Lipinski definition) is 0. The summed E-state index contributed by atoms with van der Waals surface area (Å²) in [6, 6.07) is 9.65. The van der Waals surface area contributed by atoms with Crippen molar-refractivity contribution in [1.82, 2.24) is 15.1 Å². The predicted octanol–water partition coefficient (Wildman–Crippen LogP) is 2.60. The molecule has 0 bridgehead atoms. The van der Waals surface area contributed by atoms with Gasteiger partial charge in [0.25, 0.3) is 0 Å². The fourth-order valence-electron chi connectivity index (χ4n) is 3.71. The van der Waals surface area contributed by atoms with Gasteiger partial charge in [0.05, 0.1) is 13.2 Å². The first-order valence-electron chi connectivity index (χ1n) is 9.33. The molecule has 3 heterocycles. The van der Waals surface area contributed by atoms with Crippen LogP contribution in [0.2, 0.25) is 0 Å². The lowest BCUT2D eigenvalue weighted by Crippen LogP contribution is -2.49. The number of ether oxygens (including phenoxy) is 1. The molecule has 2 saturated heterocycles. The average molecular weight is 342 g/mol. The molecule has 1 aromatic carbocycles. The molecule has 0 spiro atoms. The number of morpholine rings is 1. The lowest BCUT2D eigenvalue weighted by Gasteiger charge is -2.39. The normalized spacial score (nSPS) is 20.1. The van der Waals surface area contributed by atoms with Crippen molar-refractivity contribution in [3.8, 4) is 11.5 Å². The van der Waals surface area contributed by atoms with E-state index in [9.17, 15) is 0 Å². The summed E-state index contributed by atoms with van der Waals surface area (Å²) in [6.07, 6.45) is 3.32. The molecule has 6 heteroatoms. The Kier molecular flexibility index (Phi) is 4.99. The second-order valence-electron chi connectivity index (χ2n) is 6.81. The minimum atomic E-state index is 0.605. The molecule has 2 aromatic rings. The Labute approximate surface area is 148 Å².